The van der Waals surface area contributed by atoms with E-state index < -0.39 is 6.10 Å². The van der Waals surface area contributed by atoms with Crippen LogP contribution in [0.2, 0.25) is 5.02 Å². The molecule has 1 fully saturated rings. The summed E-state index contributed by atoms with van der Waals surface area (Å²) < 4.78 is 5.81. The summed E-state index contributed by atoms with van der Waals surface area (Å²) in [6.07, 6.45) is -0.616. The molecule has 0 saturated carbocycles. The van der Waals surface area contributed by atoms with Gasteiger partial charge in [-0.2, -0.15) is 0 Å². The number of likely N-dealkylation sites (N-methyl/N-ethyl adjacent to an activating group) is 1. The Morgan fingerprint density at radius 3 is 2.68 bits per heavy atom. The molecule has 2 N–H and O–H groups in total. The molecule has 0 spiro atoms. The third-order valence-electron chi connectivity index (χ3n) is 5.20. The number of ether oxygens (including phenoxy) is 1. The number of rotatable bonds is 6. The molecule has 28 heavy (non-hydrogen) atoms. The Hall–Kier alpha value is -2.24. The van der Waals surface area contributed by atoms with Gasteiger partial charge in [0, 0.05) is 5.02 Å². The first-order valence-electron chi connectivity index (χ1n) is 9.88. The first kappa shape index (κ1) is 20.5. The highest BCUT2D eigenvalue weighted by molar-refractivity contribution is 6.31. The molecule has 150 valence electrons. The Bertz CT molecular complexity index is 819. The van der Waals surface area contributed by atoms with Crippen molar-refractivity contribution in [3.05, 3.63) is 53.1 Å². The van der Waals surface area contributed by atoms with E-state index in [0.29, 0.717) is 10.8 Å². The van der Waals surface area contributed by atoms with E-state index in [9.17, 15) is 4.79 Å². The summed E-state index contributed by atoms with van der Waals surface area (Å²) in [5.41, 5.74) is 2.84. The number of aryl methyl sites for hydroxylation is 1. The average Bonchev–Trinajstić information content (AvgIpc) is 2.68. The van der Waals surface area contributed by atoms with Gasteiger partial charge in [-0.05, 0) is 56.7 Å². The predicted molar refractivity (Wildman–Crippen MR) is 115 cm³/mol. The number of carbonyl (C=O) groups excluding carboxylic acids is 1. The lowest BCUT2D eigenvalue weighted by molar-refractivity contribution is -0.898. The van der Waals surface area contributed by atoms with E-state index in [4.69, 9.17) is 16.3 Å². The Morgan fingerprint density at radius 2 is 2.00 bits per heavy atom. The van der Waals surface area contributed by atoms with Crippen molar-refractivity contribution in [2.24, 2.45) is 0 Å². The number of halogens is 1. The van der Waals surface area contributed by atoms with E-state index in [1.807, 2.05) is 49.4 Å². The predicted octanol–water partition coefficient (Wildman–Crippen LogP) is 2.78. The molecule has 1 amide bonds. The molecule has 6 heteroatoms. The topological polar surface area (TPSA) is 46.0 Å². The summed E-state index contributed by atoms with van der Waals surface area (Å²) in [7, 11) is 0. The highest BCUT2D eigenvalue weighted by Gasteiger charge is 2.23. The Morgan fingerprint density at radius 1 is 1.25 bits per heavy atom. The average molecular weight is 403 g/mol. The Kier molecular flexibility index (Phi) is 6.81. The van der Waals surface area contributed by atoms with Crippen LogP contribution in [-0.2, 0) is 4.79 Å². The van der Waals surface area contributed by atoms with Crippen molar-refractivity contribution < 1.29 is 14.4 Å². The van der Waals surface area contributed by atoms with E-state index in [1.54, 1.807) is 11.8 Å². The van der Waals surface area contributed by atoms with Crippen molar-refractivity contribution in [2.45, 2.75) is 26.9 Å². The fourth-order valence-corrected chi connectivity index (χ4v) is 3.65. The molecule has 3 rings (SSSR count). The first-order valence-corrected chi connectivity index (χ1v) is 10.3. The lowest BCUT2D eigenvalue weighted by atomic mass is 10.2. The molecule has 5 nitrogen and oxygen atoms in total. The fourth-order valence-electron chi connectivity index (χ4n) is 3.48. The van der Waals surface area contributed by atoms with Crippen LogP contribution in [0.4, 0.5) is 11.4 Å². The van der Waals surface area contributed by atoms with Crippen LogP contribution in [0, 0.1) is 6.92 Å². The summed E-state index contributed by atoms with van der Waals surface area (Å²) in [5.74, 6) is 0.496. The van der Waals surface area contributed by atoms with E-state index >= 15 is 0 Å². The van der Waals surface area contributed by atoms with Gasteiger partial charge in [-0.1, -0.05) is 23.7 Å². The van der Waals surface area contributed by atoms with Gasteiger partial charge in [0.25, 0.3) is 5.91 Å². The minimum absolute atomic E-state index is 0.192. The number of hydrogen-bond acceptors (Lipinski definition) is 3. The fraction of sp³-hybridized carbons (Fsp3) is 0.409. The van der Waals surface area contributed by atoms with Crippen molar-refractivity contribution >= 4 is 28.9 Å². The molecule has 0 radical (unpaired) electrons. The molecule has 1 aliphatic heterocycles. The summed E-state index contributed by atoms with van der Waals surface area (Å²) in [6, 6.07) is 13.4. The highest BCUT2D eigenvalue weighted by atomic mass is 35.5. The van der Waals surface area contributed by atoms with E-state index in [2.05, 4.69) is 17.1 Å². The van der Waals surface area contributed by atoms with Crippen LogP contribution in [0.25, 0.3) is 0 Å². The molecular weight excluding hydrogens is 374 g/mol. The maximum absolute atomic E-state index is 12.7. The molecule has 1 saturated heterocycles. The lowest BCUT2D eigenvalue weighted by Crippen LogP contribution is -3.14. The van der Waals surface area contributed by atoms with Crippen molar-refractivity contribution in [2.75, 3.05) is 42.9 Å². The van der Waals surface area contributed by atoms with Crippen molar-refractivity contribution in [3.63, 3.8) is 0 Å². The smallest absolute Gasteiger partial charge is 0.265 e. The zero-order chi connectivity index (χ0) is 20.1. The molecule has 2 aromatic rings. The summed E-state index contributed by atoms with van der Waals surface area (Å²) >= 11 is 6.21. The zero-order valence-corrected chi connectivity index (χ0v) is 17.6. The quantitative estimate of drug-likeness (QED) is 0.781. The SMILES string of the molecule is CC[NH+]1CCN(c2ccc(Cl)cc2NC(=O)[C@H](C)Oc2cccc(C)c2)CC1. The minimum atomic E-state index is -0.616. The second kappa shape index (κ2) is 9.30. The van der Waals surface area contributed by atoms with E-state index in [1.165, 1.54) is 0 Å². The number of carbonyl (C=O) groups is 1. The molecule has 1 heterocycles. The van der Waals surface area contributed by atoms with Gasteiger partial charge in [-0.25, -0.2) is 0 Å². The van der Waals surface area contributed by atoms with E-state index in [0.717, 1.165) is 49.7 Å². The normalized spacial score (nSPS) is 15.9. The number of piperazine rings is 1. The molecule has 1 atom stereocenters. The van der Waals surface area contributed by atoms with Crippen molar-refractivity contribution in [3.8, 4) is 5.75 Å². The standard InChI is InChI=1S/C22H28ClN3O2/c1-4-25-10-12-26(13-11-25)21-9-8-18(23)15-20(21)24-22(27)17(3)28-19-7-5-6-16(2)14-19/h5-9,14-15,17H,4,10-13H2,1-3H3,(H,24,27)/p+1/t17-/m0/s1. The second-order valence-electron chi connectivity index (χ2n) is 7.32. The molecule has 0 bridgehead atoms. The van der Waals surface area contributed by atoms with Crippen LogP contribution >= 0.6 is 11.6 Å². The van der Waals surface area contributed by atoms with Gasteiger partial charge in [-0.3, -0.25) is 4.79 Å². The van der Waals surface area contributed by atoms with Gasteiger partial charge < -0.3 is 19.9 Å². The largest absolute Gasteiger partial charge is 0.481 e. The molecular formula is C22H29ClN3O2+. The van der Waals surface area contributed by atoms with Crippen LogP contribution < -0.4 is 19.9 Å². The summed E-state index contributed by atoms with van der Waals surface area (Å²) in [4.78, 5) is 16.7. The minimum Gasteiger partial charge on any atom is -0.481 e. The number of nitrogens with one attached hydrogen (secondary N) is 2. The lowest BCUT2D eigenvalue weighted by Gasteiger charge is -2.34. The van der Waals surface area contributed by atoms with Gasteiger partial charge >= 0.3 is 0 Å². The third-order valence-corrected chi connectivity index (χ3v) is 5.43. The highest BCUT2D eigenvalue weighted by Crippen LogP contribution is 2.29. The third kappa shape index (κ3) is 5.18. The summed E-state index contributed by atoms with van der Waals surface area (Å²) in [6.45, 7) is 11.2. The van der Waals surface area contributed by atoms with Crippen LogP contribution in [-0.4, -0.2) is 44.7 Å². The molecule has 0 unspecified atom stereocenters. The van der Waals surface area contributed by atoms with Gasteiger partial charge in [0.15, 0.2) is 6.10 Å². The monoisotopic (exact) mass is 402 g/mol. The number of hydrogen-bond donors (Lipinski definition) is 2. The maximum Gasteiger partial charge on any atom is 0.265 e. The maximum atomic E-state index is 12.7. The van der Waals surface area contributed by atoms with Crippen molar-refractivity contribution in [1.82, 2.24) is 0 Å². The number of amides is 1. The number of anilines is 2. The van der Waals surface area contributed by atoms with Gasteiger partial charge in [0.05, 0.1) is 44.1 Å². The van der Waals surface area contributed by atoms with Crippen LogP contribution in [0.15, 0.2) is 42.5 Å². The molecule has 0 aromatic heterocycles. The van der Waals surface area contributed by atoms with Gasteiger partial charge in [0.1, 0.15) is 5.75 Å². The zero-order valence-electron chi connectivity index (χ0n) is 16.8. The summed E-state index contributed by atoms with van der Waals surface area (Å²) in [5, 5.41) is 3.61. The van der Waals surface area contributed by atoms with E-state index in [-0.39, 0.29) is 5.91 Å². The van der Waals surface area contributed by atoms with Crippen LogP contribution in [0.1, 0.15) is 19.4 Å². The van der Waals surface area contributed by atoms with Gasteiger partial charge in [0.2, 0.25) is 0 Å². The Labute approximate surface area is 172 Å². The van der Waals surface area contributed by atoms with Gasteiger partial charge in [-0.15, -0.1) is 0 Å². The van der Waals surface area contributed by atoms with Crippen LogP contribution in [0.3, 0.4) is 0 Å². The molecule has 2 aromatic carbocycles. The number of nitrogens with zero attached hydrogens (tertiary/aromatic N) is 1. The second-order valence-corrected chi connectivity index (χ2v) is 7.75. The Balaban J connectivity index is 1.70. The van der Waals surface area contributed by atoms with Crippen molar-refractivity contribution in [1.29, 1.82) is 0 Å². The molecule has 1 aliphatic rings. The molecule has 0 aliphatic carbocycles. The number of quaternary nitrogens is 1. The number of benzene rings is 2. The first-order chi connectivity index (χ1) is 13.5. The van der Waals surface area contributed by atoms with Crippen LogP contribution in [0.5, 0.6) is 5.75 Å².